The maximum absolute atomic E-state index is 3.81. The van der Waals surface area contributed by atoms with Crippen molar-refractivity contribution in [3.63, 3.8) is 0 Å². The molecule has 0 aliphatic carbocycles. The number of hydrogen-bond donors (Lipinski definition) is 1. The number of thioether (sulfide) groups is 1. The zero-order valence-electron chi connectivity index (χ0n) is 10.3. The molecule has 0 spiro atoms. The van der Waals surface area contributed by atoms with Crippen molar-refractivity contribution in [2.24, 2.45) is 0 Å². The molecule has 1 aromatic carbocycles. The molecule has 1 aromatic rings. The molecule has 1 atom stereocenters. The van der Waals surface area contributed by atoms with Gasteiger partial charge in [-0.15, -0.1) is 0 Å². The van der Waals surface area contributed by atoms with Crippen LogP contribution in [0.25, 0.3) is 0 Å². The summed E-state index contributed by atoms with van der Waals surface area (Å²) >= 11 is 5.58. The molecule has 1 N–H and O–H groups in total. The van der Waals surface area contributed by atoms with Crippen LogP contribution in [-0.4, -0.2) is 17.5 Å². The summed E-state index contributed by atoms with van der Waals surface area (Å²) in [5.74, 6) is 2.63. The Hall–Kier alpha value is 0.01000. The summed E-state index contributed by atoms with van der Waals surface area (Å²) < 4.78 is 1.16. The molecule has 17 heavy (non-hydrogen) atoms. The number of hydrogen-bond acceptors (Lipinski definition) is 2. The van der Waals surface area contributed by atoms with Crippen molar-refractivity contribution in [2.45, 2.75) is 38.3 Å². The molecule has 0 amide bonds. The Labute approximate surface area is 117 Å². The van der Waals surface area contributed by atoms with Crippen molar-refractivity contribution in [3.8, 4) is 0 Å². The molecular formula is C14H20BrNS. The van der Waals surface area contributed by atoms with E-state index in [0.29, 0.717) is 12.1 Å². The van der Waals surface area contributed by atoms with E-state index in [9.17, 15) is 0 Å². The van der Waals surface area contributed by atoms with Gasteiger partial charge in [-0.05, 0) is 48.5 Å². The van der Waals surface area contributed by atoms with E-state index in [-0.39, 0.29) is 0 Å². The average Bonchev–Trinajstić information content (AvgIpc) is 2.38. The summed E-state index contributed by atoms with van der Waals surface area (Å²) in [6, 6.07) is 9.94. The van der Waals surface area contributed by atoms with Crippen molar-refractivity contribution in [1.29, 1.82) is 0 Å². The Bertz CT molecular complexity index is 333. The fourth-order valence-corrected chi connectivity index (χ4v) is 3.66. The maximum Gasteiger partial charge on any atom is 0.0320 e. The highest BCUT2D eigenvalue weighted by molar-refractivity contribution is 9.10. The second-order valence-electron chi connectivity index (χ2n) is 4.57. The SMILES string of the molecule is CCC(NC1CCSCC1)c1ccc(Br)cc1. The first-order valence-electron chi connectivity index (χ1n) is 6.39. The third kappa shape index (κ3) is 4.01. The van der Waals surface area contributed by atoms with Crippen molar-refractivity contribution in [2.75, 3.05) is 11.5 Å². The number of nitrogens with one attached hydrogen (secondary N) is 1. The standard InChI is InChI=1S/C14H20BrNS/c1-2-14(11-3-5-12(15)6-4-11)16-13-7-9-17-10-8-13/h3-6,13-14,16H,2,7-10H2,1H3. The van der Waals surface area contributed by atoms with Gasteiger partial charge >= 0.3 is 0 Å². The monoisotopic (exact) mass is 313 g/mol. The molecule has 1 nitrogen and oxygen atoms in total. The van der Waals surface area contributed by atoms with Crippen LogP contribution in [0.3, 0.4) is 0 Å². The van der Waals surface area contributed by atoms with Crippen molar-refractivity contribution in [3.05, 3.63) is 34.3 Å². The van der Waals surface area contributed by atoms with E-state index in [2.05, 4.69) is 64.2 Å². The summed E-state index contributed by atoms with van der Waals surface area (Å²) in [4.78, 5) is 0. The van der Waals surface area contributed by atoms with Gasteiger partial charge in [0.2, 0.25) is 0 Å². The largest absolute Gasteiger partial charge is 0.307 e. The second-order valence-corrected chi connectivity index (χ2v) is 6.71. The van der Waals surface area contributed by atoms with E-state index in [1.165, 1.54) is 29.9 Å². The lowest BCUT2D eigenvalue weighted by Crippen LogP contribution is -2.35. The lowest BCUT2D eigenvalue weighted by molar-refractivity contribution is 0.406. The first-order chi connectivity index (χ1) is 8.29. The van der Waals surface area contributed by atoms with Crippen LogP contribution in [0, 0.1) is 0 Å². The van der Waals surface area contributed by atoms with Gasteiger partial charge in [0.05, 0.1) is 0 Å². The average molecular weight is 314 g/mol. The van der Waals surface area contributed by atoms with Gasteiger partial charge in [0.25, 0.3) is 0 Å². The van der Waals surface area contributed by atoms with Crippen LogP contribution in [0.4, 0.5) is 0 Å². The third-order valence-electron chi connectivity index (χ3n) is 3.34. The molecule has 3 heteroatoms. The topological polar surface area (TPSA) is 12.0 Å². The smallest absolute Gasteiger partial charge is 0.0320 e. The second kappa shape index (κ2) is 6.81. The fourth-order valence-electron chi connectivity index (χ4n) is 2.29. The molecule has 0 bridgehead atoms. The predicted octanol–water partition coefficient (Wildman–Crippen LogP) is 4.39. The van der Waals surface area contributed by atoms with Gasteiger partial charge in [-0.2, -0.15) is 11.8 Å². The molecule has 0 saturated carbocycles. The molecule has 94 valence electrons. The highest BCUT2D eigenvalue weighted by Gasteiger charge is 2.17. The van der Waals surface area contributed by atoms with Crippen LogP contribution in [0.2, 0.25) is 0 Å². The number of halogens is 1. The van der Waals surface area contributed by atoms with Gasteiger partial charge in [-0.3, -0.25) is 0 Å². The normalized spacial score (nSPS) is 19.2. The fraction of sp³-hybridized carbons (Fsp3) is 0.571. The Morgan fingerprint density at radius 3 is 2.53 bits per heavy atom. The van der Waals surface area contributed by atoms with Crippen molar-refractivity contribution in [1.82, 2.24) is 5.32 Å². The van der Waals surface area contributed by atoms with E-state index in [4.69, 9.17) is 0 Å². The van der Waals surface area contributed by atoms with Crippen LogP contribution in [-0.2, 0) is 0 Å². The molecule has 0 radical (unpaired) electrons. The third-order valence-corrected chi connectivity index (χ3v) is 4.92. The maximum atomic E-state index is 3.81. The lowest BCUT2D eigenvalue weighted by atomic mass is 10.0. The van der Waals surface area contributed by atoms with Gasteiger partial charge in [0.1, 0.15) is 0 Å². The summed E-state index contributed by atoms with van der Waals surface area (Å²) in [6.45, 7) is 2.26. The van der Waals surface area contributed by atoms with Crippen LogP contribution in [0.1, 0.15) is 37.8 Å². The molecule has 2 rings (SSSR count). The van der Waals surface area contributed by atoms with E-state index in [0.717, 1.165) is 10.9 Å². The quantitative estimate of drug-likeness (QED) is 0.885. The minimum Gasteiger partial charge on any atom is -0.307 e. The summed E-state index contributed by atoms with van der Waals surface area (Å²) in [7, 11) is 0. The Morgan fingerprint density at radius 1 is 1.29 bits per heavy atom. The Kier molecular flexibility index (Phi) is 5.39. The molecule has 1 saturated heterocycles. The zero-order chi connectivity index (χ0) is 12.1. The van der Waals surface area contributed by atoms with Crippen molar-refractivity contribution >= 4 is 27.7 Å². The minimum absolute atomic E-state index is 0.510. The molecule has 1 unspecified atom stereocenters. The van der Waals surface area contributed by atoms with Crippen LogP contribution in [0.5, 0.6) is 0 Å². The summed E-state index contributed by atoms with van der Waals surface area (Å²) in [5, 5.41) is 3.81. The van der Waals surface area contributed by atoms with Gasteiger partial charge in [0, 0.05) is 16.6 Å². The lowest BCUT2D eigenvalue weighted by Gasteiger charge is -2.28. The first kappa shape index (κ1) is 13.4. The van der Waals surface area contributed by atoms with Gasteiger partial charge < -0.3 is 5.32 Å². The van der Waals surface area contributed by atoms with Crippen LogP contribution in [0.15, 0.2) is 28.7 Å². The molecule has 0 aromatic heterocycles. The molecule has 1 aliphatic rings. The van der Waals surface area contributed by atoms with Gasteiger partial charge in [0.15, 0.2) is 0 Å². The van der Waals surface area contributed by atoms with E-state index in [1.807, 2.05) is 0 Å². The zero-order valence-corrected chi connectivity index (χ0v) is 12.7. The molecule has 1 heterocycles. The van der Waals surface area contributed by atoms with Crippen LogP contribution >= 0.6 is 27.7 Å². The molecule has 1 aliphatic heterocycles. The highest BCUT2D eigenvalue weighted by atomic mass is 79.9. The highest BCUT2D eigenvalue weighted by Crippen LogP contribution is 2.23. The van der Waals surface area contributed by atoms with Crippen LogP contribution < -0.4 is 5.32 Å². The Balaban J connectivity index is 1.97. The molecular weight excluding hydrogens is 294 g/mol. The molecule has 1 fully saturated rings. The minimum atomic E-state index is 0.510. The number of benzene rings is 1. The first-order valence-corrected chi connectivity index (χ1v) is 8.33. The van der Waals surface area contributed by atoms with E-state index in [1.54, 1.807) is 0 Å². The predicted molar refractivity (Wildman–Crippen MR) is 80.7 cm³/mol. The van der Waals surface area contributed by atoms with Crippen molar-refractivity contribution < 1.29 is 0 Å². The number of rotatable bonds is 4. The summed E-state index contributed by atoms with van der Waals surface area (Å²) in [6.07, 6.45) is 3.79. The Morgan fingerprint density at radius 2 is 1.94 bits per heavy atom. The van der Waals surface area contributed by atoms with Gasteiger partial charge in [-0.25, -0.2) is 0 Å². The van der Waals surface area contributed by atoms with E-state index >= 15 is 0 Å². The van der Waals surface area contributed by atoms with Gasteiger partial charge in [-0.1, -0.05) is 35.0 Å². The summed E-state index contributed by atoms with van der Waals surface area (Å²) in [5.41, 5.74) is 1.41. The van der Waals surface area contributed by atoms with E-state index < -0.39 is 0 Å².